The van der Waals surface area contributed by atoms with Crippen LogP contribution in [0.1, 0.15) is 52.1 Å². The number of fused-ring (bicyclic) bond motifs is 2. The van der Waals surface area contributed by atoms with E-state index in [1.165, 1.54) is 22.1 Å². The van der Waals surface area contributed by atoms with Crippen molar-refractivity contribution in [2.24, 2.45) is 0 Å². The maximum Gasteiger partial charge on any atom is 0.294 e. The lowest BCUT2D eigenvalue weighted by atomic mass is 10.1. The van der Waals surface area contributed by atoms with Crippen molar-refractivity contribution < 1.29 is 14.1 Å². The molecule has 0 radical (unpaired) electrons. The highest BCUT2D eigenvalue weighted by Gasteiger charge is 2.36. The first-order valence-electron chi connectivity index (χ1n) is 12.5. The summed E-state index contributed by atoms with van der Waals surface area (Å²) in [6.07, 6.45) is 5.03. The Morgan fingerprint density at radius 1 is 1.20 bits per heavy atom. The fourth-order valence-electron chi connectivity index (χ4n) is 4.85. The second kappa shape index (κ2) is 10.0. The summed E-state index contributed by atoms with van der Waals surface area (Å²) in [5, 5.41) is 10.4. The van der Waals surface area contributed by atoms with Crippen LogP contribution in [0.4, 0.5) is 11.5 Å². The molecule has 0 aromatic carbocycles. The minimum atomic E-state index is -0.767. The zero-order valence-corrected chi connectivity index (χ0v) is 22.4. The number of amides is 2. The zero-order valence-electron chi connectivity index (χ0n) is 21.5. The van der Waals surface area contributed by atoms with Gasteiger partial charge in [-0.25, -0.2) is 9.97 Å². The molecule has 4 N–H and O–H groups in total. The van der Waals surface area contributed by atoms with Gasteiger partial charge in [-0.05, 0) is 37.6 Å². The van der Waals surface area contributed by atoms with E-state index < -0.39 is 17.5 Å². The third-order valence-electron chi connectivity index (χ3n) is 6.85. The van der Waals surface area contributed by atoms with Crippen LogP contribution in [0.15, 0.2) is 58.2 Å². The van der Waals surface area contributed by atoms with Gasteiger partial charge in [-0.15, -0.1) is 11.3 Å². The van der Waals surface area contributed by atoms with Gasteiger partial charge in [0.25, 0.3) is 11.5 Å². The molecule has 2 amide bonds. The normalized spacial score (nSPS) is 16.1. The topological polar surface area (TPSA) is 171 Å². The Morgan fingerprint density at radius 2 is 2.05 bits per heavy atom. The van der Waals surface area contributed by atoms with Crippen LogP contribution in [0.25, 0.3) is 21.5 Å². The number of anilines is 2. The monoisotopic (exact) mass is 556 g/mol. The van der Waals surface area contributed by atoms with Gasteiger partial charge in [0.05, 0.1) is 18.4 Å². The number of carbonyl (C=O) groups excluding carboxylic acids is 2. The maximum absolute atomic E-state index is 13.5. The van der Waals surface area contributed by atoms with Crippen molar-refractivity contribution in [3.05, 3.63) is 81.3 Å². The van der Waals surface area contributed by atoms with E-state index in [0.717, 1.165) is 15.0 Å². The number of nitrogens with one attached hydrogen (secondary N) is 2. The highest BCUT2D eigenvalue weighted by atomic mass is 32.1. The van der Waals surface area contributed by atoms with Crippen LogP contribution in [0.5, 0.6) is 0 Å². The molecular formula is C27H24N8O4S. The molecule has 1 aliphatic rings. The lowest BCUT2D eigenvalue weighted by molar-refractivity contribution is -0.124. The molecule has 5 aromatic heterocycles. The Labute approximate surface area is 231 Å². The quantitative estimate of drug-likeness (QED) is 0.283. The van der Waals surface area contributed by atoms with Gasteiger partial charge in [0, 0.05) is 38.8 Å². The lowest BCUT2D eigenvalue weighted by Gasteiger charge is -2.15. The Kier molecular flexibility index (Phi) is 6.34. The minimum Gasteiger partial charge on any atom is -0.384 e. The largest absolute Gasteiger partial charge is 0.384 e. The predicted molar refractivity (Wildman–Crippen MR) is 149 cm³/mol. The molecule has 0 aliphatic carbocycles. The van der Waals surface area contributed by atoms with E-state index >= 15 is 0 Å². The van der Waals surface area contributed by atoms with Crippen LogP contribution in [0, 0.1) is 6.92 Å². The van der Waals surface area contributed by atoms with Gasteiger partial charge in [-0.3, -0.25) is 23.9 Å². The molecule has 0 saturated carbocycles. The first-order chi connectivity index (χ1) is 19.3. The van der Waals surface area contributed by atoms with Crippen LogP contribution in [0.3, 0.4) is 0 Å². The van der Waals surface area contributed by atoms with Crippen LogP contribution in [0.2, 0.25) is 0 Å². The van der Waals surface area contributed by atoms with Crippen molar-refractivity contribution in [1.29, 1.82) is 0 Å². The molecular weight excluding hydrogens is 532 g/mol. The Morgan fingerprint density at radius 3 is 2.85 bits per heavy atom. The fraction of sp³-hybridized carbons (Fsp3) is 0.222. The number of nitrogens with two attached hydrogens (primary N) is 1. The second-order valence-corrected chi connectivity index (χ2v) is 10.8. The molecule has 6 rings (SSSR count). The zero-order chi connectivity index (χ0) is 28.0. The number of nitrogen functional groups attached to an aromatic ring is 1. The van der Waals surface area contributed by atoms with Crippen molar-refractivity contribution in [1.82, 2.24) is 30.0 Å². The van der Waals surface area contributed by atoms with E-state index in [1.54, 1.807) is 43.6 Å². The molecule has 40 heavy (non-hydrogen) atoms. The van der Waals surface area contributed by atoms with E-state index in [1.807, 2.05) is 13.0 Å². The molecule has 12 nitrogen and oxygen atoms in total. The Hall–Kier alpha value is -4.91. The van der Waals surface area contributed by atoms with E-state index in [2.05, 4.69) is 30.7 Å². The lowest BCUT2D eigenvalue weighted by Crippen LogP contribution is -2.36. The summed E-state index contributed by atoms with van der Waals surface area (Å²) >= 11 is 1.51. The SMILES string of the molecule is Cc1c(-c2ccccn2)noc1C(=O)Nc1cnc2n(c1=O)[C@H](C(=O)NCc1cc3cnc(N)cc3s1)C[C@H]2C. The Bertz CT molecular complexity index is 1830. The third-order valence-corrected chi connectivity index (χ3v) is 7.95. The summed E-state index contributed by atoms with van der Waals surface area (Å²) in [4.78, 5) is 53.4. The standard InChI is InChI=1S/C27H24N8O4S/c1-13-7-19(25(36)32-11-16-8-15-10-30-21(28)9-20(15)40-16)35-24(13)31-12-18(27(35)38)33-26(37)23-14(2)22(34-39-23)17-5-3-4-6-29-17/h3-6,8-10,12-13,19H,7,11H2,1-2H3,(H2,28,30)(H,32,36)(H,33,37)/t13-,19+/m1/s1. The number of thiophene rings is 1. The molecule has 0 saturated heterocycles. The van der Waals surface area contributed by atoms with Gasteiger partial charge in [0.15, 0.2) is 0 Å². The molecule has 0 spiro atoms. The molecule has 5 aromatic rings. The van der Waals surface area contributed by atoms with Gasteiger partial charge < -0.3 is 20.9 Å². The molecule has 0 unspecified atom stereocenters. The summed E-state index contributed by atoms with van der Waals surface area (Å²) in [6, 6.07) is 8.30. The van der Waals surface area contributed by atoms with Gasteiger partial charge in [0.2, 0.25) is 11.7 Å². The smallest absolute Gasteiger partial charge is 0.294 e. The highest BCUT2D eigenvalue weighted by molar-refractivity contribution is 7.19. The predicted octanol–water partition coefficient (Wildman–Crippen LogP) is 3.41. The second-order valence-electron chi connectivity index (χ2n) is 9.59. The van der Waals surface area contributed by atoms with Crippen molar-refractivity contribution in [3.8, 4) is 11.4 Å². The number of hydrogen-bond acceptors (Lipinski definition) is 10. The van der Waals surface area contributed by atoms with Crippen LogP contribution < -0.4 is 21.9 Å². The molecule has 2 atom stereocenters. The van der Waals surface area contributed by atoms with Crippen LogP contribution >= 0.6 is 11.3 Å². The van der Waals surface area contributed by atoms with Crippen molar-refractivity contribution in [3.63, 3.8) is 0 Å². The van der Waals surface area contributed by atoms with E-state index in [4.69, 9.17) is 10.3 Å². The first-order valence-corrected chi connectivity index (χ1v) is 13.3. The third kappa shape index (κ3) is 4.49. The number of rotatable bonds is 6. The summed E-state index contributed by atoms with van der Waals surface area (Å²) in [6.45, 7) is 3.89. The first kappa shape index (κ1) is 25.4. The number of aromatic nitrogens is 5. The summed E-state index contributed by atoms with van der Waals surface area (Å²) in [5.74, 6) is -0.210. The Balaban J connectivity index is 1.21. The average Bonchev–Trinajstić information content (AvgIpc) is 3.64. The summed E-state index contributed by atoms with van der Waals surface area (Å²) in [7, 11) is 0. The fourth-order valence-corrected chi connectivity index (χ4v) is 5.88. The van der Waals surface area contributed by atoms with E-state index in [-0.39, 0.29) is 23.3 Å². The molecule has 202 valence electrons. The van der Waals surface area contributed by atoms with E-state index in [0.29, 0.717) is 41.6 Å². The van der Waals surface area contributed by atoms with Crippen molar-refractivity contribution in [2.45, 2.75) is 38.8 Å². The average molecular weight is 557 g/mol. The molecule has 1 aliphatic heterocycles. The van der Waals surface area contributed by atoms with Crippen molar-refractivity contribution >= 4 is 44.7 Å². The van der Waals surface area contributed by atoms with Crippen LogP contribution in [-0.4, -0.2) is 36.5 Å². The molecule has 0 bridgehead atoms. The van der Waals surface area contributed by atoms with Gasteiger partial charge in [0.1, 0.15) is 29.1 Å². The van der Waals surface area contributed by atoms with Gasteiger partial charge in [-0.1, -0.05) is 18.1 Å². The van der Waals surface area contributed by atoms with E-state index in [9.17, 15) is 14.4 Å². The molecule has 6 heterocycles. The minimum absolute atomic E-state index is 0.0477. The molecule has 13 heteroatoms. The summed E-state index contributed by atoms with van der Waals surface area (Å²) in [5.41, 5.74) is 6.65. The number of hydrogen-bond donors (Lipinski definition) is 3. The summed E-state index contributed by atoms with van der Waals surface area (Å²) < 4.78 is 7.63. The van der Waals surface area contributed by atoms with Gasteiger partial charge in [-0.2, -0.15) is 0 Å². The van der Waals surface area contributed by atoms with Crippen LogP contribution in [-0.2, 0) is 11.3 Å². The number of nitrogens with zero attached hydrogens (tertiary/aromatic N) is 5. The maximum atomic E-state index is 13.5. The number of carbonyl (C=O) groups is 2. The van der Waals surface area contributed by atoms with Crippen molar-refractivity contribution in [2.75, 3.05) is 11.1 Å². The molecule has 0 fully saturated rings. The number of pyridine rings is 2. The van der Waals surface area contributed by atoms with Gasteiger partial charge >= 0.3 is 0 Å². The highest BCUT2D eigenvalue weighted by Crippen LogP contribution is 2.34.